The predicted octanol–water partition coefficient (Wildman–Crippen LogP) is 2.89. The second-order valence-corrected chi connectivity index (χ2v) is 2.43. The lowest BCUT2D eigenvalue weighted by molar-refractivity contribution is -0.137. The van der Waals surface area contributed by atoms with Crippen LogP contribution in [0, 0.1) is 18.8 Å². The summed E-state index contributed by atoms with van der Waals surface area (Å²) >= 11 is 0. The average molecular weight is 183 g/mol. The Labute approximate surface area is 74.4 Å². The van der Waals surface area contributed by atoms with E-state index >= 15 is 0 Å². The summed E-state index contributed by atoms with van der Waals surface area (Å²) in [5.41, 5.74) is -0.0721. The lowest BCUT2D eigenvalue weighted by Gasteiger charge is -2.05. The fourth-order valence-corrected chi connectivity index (χ4v) is 0.865. The molecule has 1 rings (SSSR count). The van der Waals surface area contributed by atoms with Crippen LogP contribution in [0.5, 0.6) is 0 Å². The molecule has 1 aromatic rings. The fraction of sp³-hybridized carbons (Fsp3) is 0.100. The molecule has 0 saturated heterocycles. The van der Waals surface area contributed by atoms with E-state index in [1.165, 1.54) is 18.6 Å². The smallest absolute Gasteiger partial charge is 0.166 e. The number of rotatable bonds is 1. The first-order valence-electron chi connectivity index (χ1n) is 3.50. The van der Waals surface area contributed by atoms with Gasteiger partial charge in [-0.1, -0.05) is 18.1 Å². The van der Waals surface area contributed by atoms with Gasteiger partial charge in [-0.05, 0) is 17.7 Å². The Morgan fingerprint density at radius 3 is 2.08 bits per heavy atom. The zero-order valence-electron chi connectivity index (χ0n) is 6.60. The van der Waals surface area contributed by atoms with E-state index in [1.807, 2.05) is 0 Å². The number of hydrogen-bond donors (Lipinski definition) is 0. The van der Waals surface area contributed by atoms with Gasteiger partial charge in [0.25, 0.3) is 0 Å². The highest BCUT2D eigenvalue weighted by atomic mass is 19.4. The minimum absolute atomic E-state index is 0.593. The summed E-state index contributed by atoms with van der Waals surface area (Å²) in [6.45, 7) is 0. The predicted molar refractivity (Wildman–Crippen MR) is 43.7 cm³/mol. The molecule has 0 fully saturated rings. The van der Waals surface area contributed by atoms with Gasteiger partial charge in [-0.15, -0.1) is 6.42 Å². The van der Waals surface area contributed by atoms with Gasteiger partial charge in [-0.25, -0.2) is 0 Å². The van der Waals surface area contributed by atoms with Crippen LogP contribution < -0.4 is 0 Å². The molecule has 0 saturated carbocycles. The first kappa shape index (κ1) is 9.66. The second kappa shape index (κ2) is 3.53. The maximum Gasteiger partial charge on any atom is 0.416 e. The number of hydrogen-bond acceptors (Lipinski definition) is 0. The normalized spacial score (nSPS) is 10.9. The molecule has 1 radical (unpaired) electrons. The van der Waals surface area contributed by atoms with Crippen LogP contribution in [0.3, 0.4) is 0 Å². The molecule has 0 aliphatic rings. The Morgan fingerprint density at radius 2 is 1.69 bits per heavy atom. The third-order valence-electron chi connectivity index (χ3n) is 1.49. The van der Waals surface area contributed by atoms with E-state index in [2.05, 4.69) is 5.92 Å². The molecule has 0 aromatic heterocycles. The minimum Gasteiger partial charge on any atom is -0.166 e. The molecule has 0 nitrogen and oxygen atoms in total. The van der Waals surface area contributed by atoms with E-state index in [9.17, 15) is 13.2 Å². The third-order valence-corrected chi connectivity index (χ3v) is 1.49. The van der Waals surface area contributed by atoms with E-state index in [0.29, 0.717) is 5.56 Å². The summed E-state index contributed by atoms with van der Waals surface area (Å²) in [5.74, 6) is 2.24. The fourth-order valence-electron chi connectivity index (χ4n) is 0.865. The molecule has 3 heteroatoms. The maximum absolute atomic E-state index is 12.1. The Hall–Kier alpha value is -1.43. The van der Waals surface area contributed by atoms with E-state index in [-0.39, 0.29) is 0 Å². The first-order chi connectivity index (χ1) is 6.04. The van der Waals surface area contributed by atoms with Crippen molar-refractivity contribution in [1.29, 1.82) is 0 Å². The van der Waals surface area contributed by atoms with Gasteiger partial charge in [-0.2, -0.15) is 13.2 Å². The summed E-state index contributed by atoms with van der Waals surface area (Å²) < 4.78 is 36.2. The Morgan fingerprint density at radius 1 is 1.15 bits per heavy atom. The van der Waals surface area contributed by atoms with E-state index in [4.69, 9.17) is 6.42 Å². The lowest BCUT2D eigenvalue weighted by atomic mass is 10.1. The van der Waals surface area contributed by atoms with Gasteiger partial charge in [0.2, 0.25) is 0 Å². The molecule has 0 unspecified atom stereocenters. The van der Waals surface area contributed by atoms with Crippen molar-refractivity contribution in [3.63, 3.8) is 0 Å². The number of halogens is 3. The molecule has 0 aliphatic heterocycles. The van der Waals surface area contributed by atoms with Crippen LogP contribution in [0.4, 0.5) is 13.2 Å². The van der Waals surface area contributed by atoms with Crippen molar-refractivity contribution in [1.82, 2.24) is 0 Å². The van der Waals surface area contributed by atoms with Gasteiger partial charge in [0, 0.05) is 0 Å². The average Bonchev–Trinajstić information content (AvgIpc) is 2.04. The first-order valence-corrected chi connectivity index (χ1v) is 3.50. The summed E-state index contributed by atoms with van der Waals surface area (Å²) in [4.78, 5) is 0. The molecule has 1 aromatic carbocycles. The molecule has 0 aliphatic carbocycles. The number of alkyl halides is 3. The van der Waals surface area contributed by atoms with Crippen LogP contribution in [0.1, 0.15) is 11.1 Å². The van der Waals surface area contributed by atoms with Gasteiger partial charge in [0.05, 0.1) is 12.0 Å². The molecule has 0 atom stereocenters. The van der Waals surface area contributed by atoms with Crippen LogP contribution in [-0.2, 0) is 6.18 Å². The highest BCUT2D eigenvalue weighted by Gasteiger charge is 2.29. The minimum atomic E-state index is -4.28. The Kier molecular flexibility index (Phi) is 2.62. The molecular weight excluding hydrogens is 177 g/mol. The summed E-state index contributed by atoms with van der Waals surface area (Å²) in [6.07, 6.45) is 2.08. The SMILES string of the molecule is C#C[CH]c1ccc(C(F)(F)F)cc1. The Balaban J connectivity index is 2.89. The highest BCUT2D eigenvalue weighted by molar-refractivity contribution is 5.34. The quantitative estimate of drug-likeness (QED) is 0.587. The van der Waals surface area contributed by atoms with Crippen LogP contribution in [0.25, 0.3) is 0 Å². The van der Waals surface area contributed by atoms with Crippen molar-refractivity contribution in [3.8, 4) is 12.3 Å². The summed E-state index contributed by atoms with van der Waals surface area (Å²) in [5, 5.41) is 0. The summed E-state index contributed by atoms with van der Waals surface area (Å²) in [6, 6.07) is 4.68. The molecule has 13 heavy (non-hydrogen) atoms. The van der Waals surface area contributed by atoms with Crippen LogP contribution in [0.15, 0.2) is 24.3 Å². The lowest BCUT2D eigenvalue weighted by Crippen LogP contribution is -2.04. The van der Waals surface area contributed by atoms with Gasteiger partial charge >= 0.3 is 6.18 Å². The summed E-state index contributed by atoms with van der Waals surface area (Å²) in [7, 11) is 0. The topological polar surface area (TPSA) is 0 Å². The molecule has 0 spiro atoms. The van der Waals surface area contributed by atoms with Gasteiger partial charge in [0.1, 0.15) is 0 Å². The number of benzene rings is 1. The van der Waals surface area contributed by atoms with Crippen molar-refractivity contribution in [2.24, 2.45) is 0 Å². The van der Waals surface area contributed by atoms with Crippen molar-refractivity contribution < 1.29 is 13.2 Å². The van der Waals surface area contributed by atoms with E-state index in [1.54, 1.807) is 0 Å². The zero-order chi connectivity index (χ0) is 9.90. The maximum atomic E-state index is 12.1. The van der Waals surface area contributed by atoms with Gasteiger partial charge < -0.3 is 0 Å². The molecular formula is C10H6F3. The van der Waals surface area contributed by atoms with E-state index < -0.39 is 11.7 Å². The molecule has 0 heterocycles. The largest absolute Gasteiger partial charge is 0.416 e. The van der Waals surface area contributed by atoms with Gasteiger partial charge in [-0.3, -0.25) is 0 Å². The van der Waals surface area contributed by atoms with Crippen LogP contribution in [-0.4, -0.2) is 0 Å². The molecule has 67 valence electrons. The van der Waals surface area contributed by atoms with Crippen molar-refractivity contribution >= 4 is 0 Å². The highest BCUT2D eigenvalue weighted by Crippen LogP contribution is 2.29. The van der Waals surface area contributed by atoms with Crippen molar-refractivity contribution in [3.05, 3.63) is 41.8 Å². The van der Waals surface area contributed by atoms with Crippen LogP contribution >= 0.6 is 0 Å². The monoisotopic (exact) mass is 183 g/mol. The Bertz CT molecular complexity index is 314. The van der Waals surface area contributed by atoms with Crippen molar-refractivity contribution in [2.75, 3.05) is 0 Å². The molecule has 0 amide bonds. The number of terminal acetylenes is 1. The van der Waals surface area contributed by atoms with Gasteiger partial charge in [0.15, 0.2) is 0 Å². The molecule has 0 bridgehead atoms. The van der Waals surface area contributed by atoms with Crippen molar-refractivity contribution in [2.45, 2.75) is 6.18 Å². The zero-order valence-corrected chi connectivity index (χ0v) is 6.60. The van der Waals surface area contributed by atoms with Crippen LogP contribution in [0.2, 0.25) is 0 Å². The second-order valence-electron chi connectivity index (χ2n) is 2.43. The standard InChI is InChI=1S/C10H6F3/c1-2-3-8-4-6-9(7-5-8)10(11,12)13/h1,3-7H. The van der Waals surface area contributed by atoms with E-state index in [0.717, 1.165) is 12.1 Å². The molecule has 0 N–H and O–H groups in total. The third kappa shape index (κ3) is 2.51.